The first kappa shape index (κ1) is 18.1. The van der Waals surface area contributed by atoms with Crippen molar-refractivity contribution in [2.45, 2.75) is 0 Å². The Balaban J connectivity index is 1.94. The highest BCUT2D eigenvalue weighted by atomic mass is 35.5. The van der Waals surface area contributed by atoms with Crippen molar-refractivity contribution >= 4 is 46.4 Å². The molecule has 0 fully saturated rings. The largest absolute Gasteiger partial charge is 0.497 e. The number of anilines is 2. The summed E-state index contributed by atoms with van der Waals surface area (Å²) in [5, 5.41) is 3.06. The van der Waals surface area contributed by atoms with Gasteiger partial charge in [-0.05, 0) is 30.3 Å². The molecule has 1 heterocycles. The molecule has 2 amide bonds. The summed E-state index contributed by atoms with van der Waals surface area (Å²) in [6, 6.07) is 11.4. The van der Waals surface area contributed by atoms with E-state index in [9.17, 15) is 9.59 Å². The molecule has 0 bridgehead atoms. The van der Waals surface area contributed by atoms with E-state index < -0.39 is 11.8 Å². The molecule has 2 aromatic carbocycles. The molecule has 8 heteroatoms. The van der Waals surface area contributed by atoms with Crippen LogP contribution in [0.1, 0.15) is 0 Å². The topological polar surface area (TPSA) is 67.9 Å². The van der Waals surface area contributed by atoms with Crippen molar-refractivity contribution in [1.82, 2.24) is 0 Å². The monoisotopic (exact) mass is 392 g/mol. The molecule has 0 saturated carbocycles. The van der Waals surface area contributed by atoms with E-state index in [0.717, 1.165) is 4.90 Å². The van der Waals surface area contributed by atoms with Gasteiger partial charge < -0.3 is 14.8 Å². The number of nitrogens with one attached hydrogen (secondary N) is 1. The first-order chi connectivity index (χ1) is 12.5. The lowest BCUT2D eigenvalue weighted by Crippen LogP contribution is -2.32. The third-order valence-electron chi connectivity index (χ3n) is 3.76. The molecule has 6 nitrogen and oxygen atoms in total. The fourth-order valence-electron chi connectivity index (χ4n) is 2.50. The Kier molecular flexibility index (Phi) is 5.06. The summed E-state index contributed by atoms with van der Waals surface area (Å²) in [6.07, 6.45) is 0. The fourth-order valence-corrected chi connectivity index (χ4v) is 2.89. The predicted molar refractivity (Wildman–Crippen MR) is 100.0 cm³/mol. The van der Waals surface area contributed by atoms with E-state index in [1.54, 1.807) is 36.4 Å². The van der Waals surface area contributed by atoms with E-state index in [4.69, 9.17) is 32.7 Å². The molecule has 26 heavy (non-hydrogen) atoms. The number of hydrogen-bond donors (Lipinski definition) is 1. The number of carbonyl (C=O) groups excluding carboxylic acids is 2. The van der Waals surface area contributed by atoms with Crippen molar-refractivity contribution in [2.24, 2.45) is 0 Å². The van der Waals surface area contributed by atoms with Crippen molar-refractivity contribution in [3.05, 3.63) is 58.2 Å². The third-order valence-corrected chi connectivity index (χ3v) is 4.35. The Labute approximate surface area is 159 Å². The minimum atomic E-state index is -0.631. The summed E-state index contributed by atoms with van der Waals surface area (Å²) in [4.78, 5) is 26.2. The minimum Gasteiger partial charge on any atom is -0.497 e. The van der Waals surface area contributed by atoms with E-state index >= 15 is 0 Å². The average Bonchev–Trinajstić information content (AvgIpc) is 2.85. The Morgan fingerprint density at radius 1 is 0.962 bits per heavy atom. The number of amides is 2. The van der Waals surface area contributed by atoms with Crippen LogP contribution in [0.15, 0.2) is 53.2 Å². The summed E-state index contributed by atoms with van der Waals surface area (Å²) in [7, 11) is 3.01. The Morgan fingerprint density at radius 2 is 1.73 bits per heavy atom. The van der Waals surface area contributed by atoms with Gasteiger partial charge in [-0.25, -0.2) is 4.90 Å². The molecular weight excluding hydrogens is 379 g/mol. The zero-order chi connectivity index (χ0) is 18.8. The fraction of sp³-hybridized carbons (Fsp3) is 0.111. The number of halogens is 2. The van der Waals surface area contributed by atoms with Gasteiger partial charge in [-0.3, -0.25) is 9.59 Å². The highest BCUT2D eigenvalue weighted by Gasteiger charge is 2.39. The quantitative estimate of drug-likeness (QED) is 0.783. The molecule has 0 spiro atoms. The number of rotatable bonds is 5. The van der Waals surface area contributed by atoms with Crippen LogP contribution in [-0.4, -0.2) is 26.0 Å². The van der Waals surface area contributed by atoms with E-state index in [1.807, 2.05) is 0 Å². The third kappa shape index (κ3) is 3.21. The van der Waals surface area contributed by atoms with Crippen molar-refractivity contribution in [1.29, 1.82) is 0 Å². The van der Waals surface area contributed by atoms with Crippen LogP contribution in [0.25, 0.3) is 0 Å². The van der Waals surface area contributed by atoms with Crippen molar-refractivity contribution in [3.63, 3.8) is 0 Å². The second-order valence-corrected chi connectivity index (χ2v) is 6.12. The van der Waals surface area contributed by atoms with Crippen LogP contribution in [0.2, 0.25) is 5.02 Å². The number of imide groups is 1. The van der Waals surface area contributed by atoms with E-state index in [1.165, 1.54) is 20.3 Å². The van der Waals surface area contributed by atoms with Gasteiger partial charge in [0.05, 0.1) is 25.6 Å². The van der Waals surface area contributed by atoms with E-state index in [2.05, 4.69) is 5.32 Å². The standard InChI is InChI=1S/C18H14Cl2N2O4/c1-25-12-6-7-13(14(9-12)26-2)21-16-15(20)17(23)22(18(16)24)11-5-3-4-10(19)8-11/h3-9,21H,1-2H3. The molecule has 0 aliphatic carbocycles. The number of benzene rings is 2. The number of methoxy groups -OCH3 is 2. The number of hydrogen-bond acceptors (Lipinski definition) is 5. The van der Waals surface area contributed by atoms with Crippen LogP contribution in [0, 0.1) is 0 Å². The zero-order valence-electron chi connectivity index (χ0n) is 13.9. The summed E-state index contributed by atoms with van der Waals surface area (Å²) >= 11 is 12.1. The van der Waals surface area contributed by atoms with Gasteiger partial charge >= 0.3 is 0 Å². The molecule has 0 unspecified atom stereocenters. The van der Waals surface area contributed by atoms with Gasteiger partial charge in [0.2, 0.25) is 0 Å². The van der Waals surface area contributed by atoms with Crippen molar-refractivity contribution in [3.8, 4) is 11.5 Å². The van der Waals surface area contributed by atoms with Gasteiger partial charge in [-0.15, -0.1) is 0 Å². The van der Waals surface area contributed by atoms with Gasteiger partial charge in [0.25, 0.3) is 11.8 Å². The Bertz CT molecular complexity index is 927. The maximum absolute atomic E-state index is 12.8. The van der Waals surface area contributed by atoms with Gasteiger partial charge in [-0.1, -0.05) is 29.3 Å². The summed E-state index contributed by atoms with van der Waals surface area (Å²) in [5.41, 5.74) is 0.764. The molecular formula is C18H14Cl2N2O4. The van der Waals surface area contributed by atoms with Crippen LogP contribution in [0.5, 0.6) is 11.5 Å². The average molecular weight is 393 g/mol. The molecule has 1 aliphatic heterocycles. The van der Waals surface area contributed by atoms with Crippen LogP contribution in [-0.2, 0) is 9.59 Å². The smallest absolute Gasteiger partial charge is 0.283 e. The highest BCUT2D eigenvalue weighted by molar-refractivity contribution is 6.53. The number of nitrogens with zero attached hydrogens (tertiary/aromatic N) is 1. The second kappa shape index (κ2) is 7.27. The summed E-state index contributed by atoms with van der Waals surface area (Å²) in [6.45, 7) is 0. The molecule has 0 radical (unpaired) electrons. The maximum atomic E-state index is 12.8. The molecule has 0 aromatic heterocycles. The zero-order valence-corrected chi connectivity index (χ0v) is 15.4. The predicted octanol–water partition coefficient (Wildman–Crippen LogP) is 3.79. The summed E-state index contributed by atoms with van der Waals surface area (Å²) in [5.74, 6) is -0.196. The van der Waals surface area contributed by atoms with Crippen LogP contribution < -0.4 is 19.7 Å². The van der Waals surface area contributed by atoms with Crippen LogP contribution >= 0.6 is 23.2 Å². The molecule has 0 saturated heterocycles. The lowest BCUT2D eigenvalue weighted by atomic mass is 10.2. The first-order valence-corrected chi connectivity index (χ1v) is 8.25. The first-order valence-electron chi connectivity index (χ1n) is 7.49. The molecule has 1 N–H and O–H groups in total. The SMILES string of the molecule is COc1ccc(NC2=C(Cl)C(=O)N(c3cccc(Cl)c3)C2=O)c(OC)c1. The molecule has 1 aliphatic rings. The number of ether oxygens (including phenoxy) is 2. The van der Waals surface area contributed by atoms with Gasteiger partial charge in [0, 0.05) is 11.1 Å². The summed E-state index contributed by atoms with van der Waals surface area (Å²) < 4.78 is 10.4. The van der Waals surface area contributed by atoms with Crippen molar-refractivity contribution < 1.29 is 19.1 Å². The lowest BCUT2D eigenvalue weighted by Gasteiger charge is -2.16. The van der Waals surface area contributed by atoms with E-state index in [-0.39, 0.29) is 10.7 Å². The van der Waals surface area contributed by atoms with Gasteiger partial charge in [0.15, 0.2) is 0 Å². The lowest BCUT2D eigenvalue weighted by molar-refractivity contribution is -0.120. The Morgan fingerprint density at radius 3 is 2.38 bits per heavy atom. The van der Waals surface area contributed by atoms with Gasteiger partial charge in [-0.2, -0.15) is 0 Å². The Hall–Kier alpha value is -2.70. The van der Waals surface area contributed by atoms with Crippen LogP contribution in [0.4, 0.5) is 11.4 Å². The molecule has 2 aromatic rings. The van der Waals surface area contributed by atoms with Crippen LogP contribution in [0.3, 0.4) is 0 Å². The minimum absolute atomic E-state index is 0.0416. The van der Waals surface area contributed by atoms with E-state index in [0.29, 0.717) is 27.9 Å². The molecule has 0 atom stereocenters. The molecule has 134 valence electrons. The normalized spacial score (nSPS) is 14.1. The van der Waals surface area contributed by atoms with Gasteiger partial charge in [0.1, 0.15) is 22.2 Å². The maximum Gasteiger partial charge on any atom is 0.283 e. The second-order valence-electron chi connectivity index (χ2n) is 5.31. The molecule has 3 rings (SSSR count). The number of carbonyl (C=O) groups is 2. The highest BCUT2D eigenvalue weighted by Crippen LogP contribution is 2.35. The van der Waals surface area contributed by atoms with Crippen molar-refractivity contribution in [2.75, 3.05) is 24.4 Å².